The summed E-state index contributed by atoms with van der Waals surface area (Å²) in [6, 6.07) is 18.6. The maximum atomic E-state index is 11.3. The zero-order valence-corrected chi connectivity index (χ0v) is 12.9. The van der Waals surface area contributed by atoms with E-state index in [9.17, 15) is 4.79 Å². The van der Waals surface area contributed by atoms with Crippen LogP contribution in [0.15, 0.2) is 65.5 Å². The van der Waals surface area contributed by atoms with Crippen LogP contribution in [-0.4, -0.2) is 26.9 Å². The monoisotopic (exact) mass is 318 g/mol. The fourth-order valence-corrected chi connectivity index (χ4v) is 2.73. The molecular weight excluding hydrogens is 304 g/mol. The van der Waals surface area contributed by atoms with Crippen molar-refractivity contribution in [3.05, 3.63) is 71.0 Å². The largest absolute Gasteiger partial charge is 0.496 e. The van der Waals surface area contributed by atoms with Gasteiger partial charge in [-0.2, -0.15) is 5.10 Å². The van der Waals surface area contributed by atoms with E-state index in [4.69, 9.17) is 9.72 Å². The molecule has 0 aliphatic carbocycles. The summed E-state index contributed by atoms with van der Waals surface area (Å²) in [5.41, 5.74) is 2.34. The number of hydrogen-bond donors (Lipinski definition) is 1. The molecule has 4 aromatic rings. The zero-order chi connectivity index (χ0) is 16.5. The molecule has 0 unspecified atom stereocenters. The van der Waals surface area contributed by atoms with Gasteiger partial charge in [-0.05, 0) is 30.3 Å². The number of ether oxygens (including phenoxy) is 1. The van der Waals surface area contributed by atoms with E-state index in [1.54, 1.807) is 13.2 Å². The first-order chi connectivity index (χ1) is 11.8. The number of para-hydroxylation sites is 3. The summed E-state index contributed by atoms with van der Waals surface area (Å²) in [7, 11) is 1.63. The van der Waals surface area contributed by atoms with Crippen LogP contribution >= 0.6 is 0 Å². The maximum absolute atomic E-state index is 11.3. The SMILES string of the molecule is COc1ccccc1-c1nc2ccccc2n1-c1ccc(=O)[nH]n1. The molecule has 0 saturated carbocycles. The molecule has 6 heteroatoms. The number of H-pyrrole nitrogens is 1. The van der Waals surface area contributed by atoms with Crippen molar-refractivity contribution in [1.29, 1.82) is 0 Å². The Labute approximate surface area is 137 Å². The molecule has 0 atom stereocenters. The number of fused-ring (bicyclic) bond motifs is 1. The Morgan fingerprint density at radius 3 is 2.58 bits per heavy atom. The number of aromatic nitrogens is 4. The van der Waals surface area contributed by atoms with Crippen LogP contribution in [0.1, 0.15) is 0 Å². The van der Waals surface area contributed by atoms with E-state index in [2.05, 4.69) is 10.2 Å². The molecule has 6 nitrogen and oxygen atoms in total. The van der Waals surface area contributed by atoms with Crippen LogP contribution in [0, 0.1) is 0 Å². The number of rotatable bonds is 3. The Morgan fingerprint density at radius 1 is 1.00 bits per heavy atom. The second kappa shape index (κ2) is 5.66. The van der Waals surface area contributed by atoms with Crippen molar-refractivity contribution in [2.45, 2.75) is 0 Å². The number of nitrogens with zero attached hydrogens (tertiary/aromatic N) is 3. The molecule has 0 radical (unpaired) electrons. The highest BCUT2D eigenvalue weighted by Crippen LogP contribution is 2.33. The summed E-state index contributed by atoms with van der Waals surface area (Å²) in [6.07, 6.45) is 0. The minimum atomic E-state index is -0.248. The minimum Gasteiger partial charge on any atom is -0.496 e. The molecule has 24 heavy (non-hydrogen) atoms. The standard InChI is InChI=1S/C18H14N4O2/c1-24-15-9-5-2-6-12(15)18-19-13-7-3-4-8-14(13)22(18)16-10-11-17(23)21-20-16/h2-11H,1H3,(H,21,23). The van der Waals surface area contributed by atoms with Gasteiger partial charge in [-0.1, -0.05) is 24.3 Å². The van der Waals surface area contributed by atoms with Crippen molar-refractivity contribution in [1.82, 2.24) is 19.7 Å². The van der Waals surface area contributed by atoms with Crippen molar-refractivity contribution in [2.24, 2.45) is 0 Å². The van der Waals surface area contributed by atoms with Gasteiger partial charge in [0.05, 0.1) is 23.7 Å². The molecule has 2 aromatic heterocycles. The first-order valence-corrected chi connectivity index (χ1v) is 7.45. The number of aromatic amines is 1. The molecule has 2 aromatic carbocycles. The average molecular weight is 318 g/mol. The summed E-state index contributed by atoms with van der Waals surface area (Å²) in [5.74, 6) is 2.01. The van der Waals surface area contributed by atoms with Crippen LogP contribution in [0.4, 0.5) is 0 Å². The Morgan fingerprint density at radius 2 is 1.79 bits per heavy atom. The topological polar surface area (TPSA) is 72.8 Å². The molecule has 0 bridgehead atoms. The van der Waals surface area contributed by atoms with E-state index < -0.39 is 0 Å². The Hall–Kier alpha value is -3.41. The fraction of sp³-hybridized carbons (Fsp3) is 0.0556. The van der Waals surface area contributed by atoms with E-state index >= 15 is 0 Å². The lowest BCUT2D eigenvalue weighted by molar-refractivity contribution is 0.416. The molecule has 0 amide bonds. The molecule has 0 aliphatic rings. The lowest BCUT2D eigenvalue weighted by atomic mass is 10.2. The van der Waals surface area contributed by atoms with Crippen LogP contribution < -0.4 is 10.3 Å². The summed E-state index contributed by atoms with van der Waals surface area (Å²) in [6.45, 7) is 0. The first-order valence-electron chi connectivity index (χ1n) is 7.45. The second-order valence-corrected chi connectivity index (χ2v) is 5.24. The lowest BCUT2D eigenvalue weighted by Gasteiger charge is -2.10. The highest BCUT2D eigenvalue weighted by atomic mass is 16.5. The third kappa shape index (κ3) is 2.25. The highest BCUT2D eigenvalue weighted by molar-refractivity contribution is 5.84. The van der Waals surface area contributed by atoms with E-state index in [1.165, 1.54) is 6.07 Å². The van der Waals surface area contributed by atoms with Crippen LogP contribution in [0.3, 0.4) is 0 Å². The minimum absolute atomic E-state index is 0.248. The Balaban J connectivity index is 2.07. The fourth-order valence-electron chi connectivity index (χ4n) is 2.73. The van der Waals surface area contributed by atoms with Crippen LogP contribution in [0.25, 0.3) is 28.2 Å². The van der Waals surface area contributed by atoms with E-state index in [-0.39, 0.29) is 5.56 Å². The normalized spacial score (nSPS) is 10.9. The number of benzene rings is 2. The predicted molar refractivity (Wildman–Crippen MR) is 91.5 cm³/mol. The van der Waals surface area contributed by atoms with Gasteiger partial charge in [0.2, 0.25) is 0 Å². The lowest BCUT2D eigenvalue weighted by Crippen LogP contribution is -2.10. The van der Waals surface area contributed by atoms with Crippen molar-refractivity contribution in [2.75, 3.05) is 7.11 Å². The van der Waals surface area contributed by atoms with Gasteiger partial charge in [-0.15, -0.1) is 0 Å². The predicted octanol–water partition coefficient (Wildman–Crippen LogP) is 2.78. The molecule has 0 saturated heterocycles. The molecule has 0 aliphatic heterocycles. The molecule has 1 N–H and O–H groups in total. The van der Waals surface area contributed by atoms with E-state index in [0.717, 1.165) is 22.3 Å². The van der Waals surface area contributed by atoms with Crippen molar-refractivity contribution < 1.29 is 4.74 Å². The van der Waals surface area contributed by atoms with Gasteiger partial charge in [-0.3, -0.25) is 9.36 Å². The van der Waals surface area contributed by atoms with Gasteiger partial charge in [0, 0.05) is 6.07 Å². The zero-order valence-electron chi connectivity index (χ0n) is 12.9. The van der Waals surface area contributed by atoms with E-state index in [1.807, 2.05) is 53.1 Å². The van der Waals surface area contributed by atoms with Gasteiger partial charge >= 0.3 is 0 Å². The van der Waals surface area contributed by atoms with Gasteiger partial charge in [-0.25, -0.2) is 10.1 Å². The summed E-state index contributed by atoms with van der Waals surface area (Å²) < 4.78 is 7.38. The third-order valence-electron chi connectivity index (χ3n) is 3.80. The van der Waals surface area contributed by atoms with Crippen molar-refractivity contribution in [3.8, 4) is 23.0 Å². The highest BCUT2D eigenvalue weighted by Gasteiger charge is 2.17. The molecule has 118 valence electrons. The van der Waals surface area contributed by atoms with Crippen LogP contribution in [-0.2, 0) is 0 Å². The van der Waals surface area contributed by atoms with Crippen molar-refractivity contribution in [3.63, 3.8) is 0 Å². The Kier molecular flexibility index (Phi) is 3.35. The van der Waals surface area contributed by atoms with Crippen LogP contribution in [0.5, 0.6) is 5.75 Å². The number of nitrogens with one attached hydrogen (secondary N) is 1. The third-order valence-corrected chi connectivity index (χ3v) is 3.80. The summed E-state index contributed by atoms with van der Waals surface area (Å²) in [4.78, 5) is 16.1. The average Bonchev–Trinajstić information content (AvgIpc) is 3.01. The molecular formula is C18H14N4O2. The molecule has 0 fully saturated rings. The maximum Gasteiger partial charge on any atom is 0.264 e. The molecule has 0 spiro atoms. The van der Waals surface area contributed by atoms with Gasteiger partial charge in [0.15, 0.2) is 11.6 Å². The molecule has 4 rings (SSSR count). The number of methoxy groups -OCH3 is 1. The number of hydrogen-bond acceptors (Lipinski definition) is 4. The van der Waals surface area contributed by atoms with E-state index in [0.29, 0.717) is 11.6 Å². The van der Waals surface area contributed by atoms with Crippen LogP contribution in [0.2, 0.25) is 0 Å². The summed E-state index contributed by atoms with van der Waals surface area (Å²) >= 11 is 0. The van der Waals surface area contributed by atoms with Gasteiger partial charge in [0.1, 0.15) is 5.75 Å². The smallest absolute Gasteiger partial charge is 0.264 e. The molecule has 2 heterocycles. The van der Waals surface area contributed by atoms with Gasteiger partial charge < -0.3 is 4.74 Å². The summed E-state index contributed by atoms with van der Waals surface area (Å²) in [5, 5.41) is 6.63. The van der Waals surface area contributed by atoms with Gasteiger partial charge in [0.25, 0.3) is 5.56 Å². The first kappa shape index (κ1) is 14.2. The second-order valence-electron chi connectivity index (χ2n) is 5.24. The quantitative estimate of drug-likeness (QED) is 0.630. The Bertz CT molecular complexity index is 1060. The van der Waals surface area contributed by atoms with Crippen molar-refractivity contribution >= 4 is 11.0 Å². The number of imidazole rings is 1.